The van der Waals surface area contributed by atoms with Crippen molar-refractivity contribution in [3.8, 4) is 0 Å². The van der Waals surface area contributed by atoms with E-state index >= 15 is 0 Å². The molecule has 0 aliphatic carbocycles. The fourth-order valence-electron chi connectivity index (χ4n) is 1.63. The average molecular weight is 344 g/mol. The van der Waals surface area contributed by atoms with Crippen LogP contribution < -0.4 is 5.32 Å². The molecule has 1 aromatic carbocycles. The van der Waals surface area contributed by atoms with Gasteiger partial charge in [-0.3, -0.25) is 0 Å². The van der Waals surface area contributed by atoms with Gasteiger partial charge in [-0.2, -0.15) is 13.2 Å². The van der Waals surface area contributed by atoms with Crippen molar-refractivity contribution < 1.29 is 22.3 Å². The molecule has 1 atom stereocenters. The van der Waals surface area contributed by atoms with Crippen LogP contribution in [0.4, 0.5) is 17.6 Å². The van der Waals surface area contributed by atoms with Crippen LogP contribution in [-0.2, 0) is 4.74 Å². The van der Waals surface area contributed by atoms with Gasteiger partial charge in [0.2, 0.25) is 0 Å². The molecule has 0 saturated heterocycles. The summed E-state index contributed by atoms with van der Waals surface area (Å²) in [4.78, 5) is 0. The Hall–Kier alpha value is -0.660. The van der Waals surface area contributed by atoms with Gasteiger partial charge in [0, 0.05) is 22.7 Å². The first-order valence-electron chi connectivity index (χ1n) is 5.60. The van der Waals surface area contributed by atoms with Gasteiger partial charge in [0.1, 0.15) is 12.4 Å². The Labute approximate surface area is 117 Å². The zero-order valence-corrected chi connectivity index (χ0v) is 11.8. The number of nitrogens with one attached hydrogen (secondary N) is 1. The molecule has 1 unspecified atom stereocenters. The normalized spacial score (nSPS) is 13.6. The fraction of sp³-hybridized carbons (Fsp3) is 0.500. The molecule has 0 saturated carbocycles. The largest absolute Gasteiger partial charge is 0.411 e. The number of benzene rings is 1. The molecule has 1 rings (SSSR count). The summed E-state index contributed by atoms with van der Waals surface area (Å²) in [5.74, 6) is -0.404. The predicted molar refractivity (Wildman–Crippen MR) is 67.4 cm³/mol. The Morgan fingerprint density at radius 3 is 2.63 bits per heavy atom. The predicted octanol–water partition coefficient (Wildman–Crippen LogP) is 3.82. The van der Waals surface area contributed by atoms with Gasteiger partial charge in [0.25, 0.3) is 0 Å². The van der Waals surface area contributed by atoms with E-state index in [4.69, 9.17) is 0 Å². The summed E-state index contributed by atoms with van der Waals surface area (Å²) in [6, 6.07) is 4.07. The topological polar surface area (TPSA) is 21.3 Å². The lowest BCUT2D eigenvalue weighted by molar-refractivity contribution is -0.174. The molecule has 0 heterocycles. The van der Waals surface area contributed by atoms with Crippen molar-refractivity contribution in [2.45, 2.75) is 18.6 Å². The van der Waals surface area contributed by atoms with E-state index in [1.807, 2.05) is 0 Å². The van der Waals surface area contributed by atoms with Gasteiger partial charge < -0.3 is 10.1 Å². The summed E-state index contributed by atoms with van der Waals surface area (Å²) in [5, 5.41) is 2.86. The molecule has 0 aliphatic rings. The van der Waals surface area contributed by atoms with E-state index in [0.29, 0.717) is 10.0 Å². The summed E-state index contributed by atoms with van der Waals surface area (Å²) < 4.78 is 54.5. The Bertz CT molecular complexity index is 411. The van der Waals surface area contributed by atoms with Gasteiger partial charge in [-0.15, -0.1) is 0 Å². The van der Waals surface area contributed by atoms with Crippen LogP contribution in [0.15, 0.2) is 22.7 Å². The zero-order valence-electron chi connectivity index (χ0n) is 10.2. The second-order valence-electron chi connectivity index (χ2n) is 3.96. The van der Waals surface area contributed by atoms with E-state index < -0.39 is 24.6 Å². The first kappa shape index (κ1) is 16.4. The molecular weight excluding hydrogens is 330 g/mol. The van der Waals surface area contributed by atoms with Crippen molar-refractivity contribution in [3.05, 3.63) is 34.1 Å². The van der Waals surface area contributed by atoms with Crippen LogP contribution in [0, 0.1) is 5.82 Å². The van der Waals surface area contributed by atoms with Crippen LogP contribution in [0.1, 0.15) is 18.0 Å². The Morgan fingerprint density at radius 2 is 2.05 bits per heavy atom. The maximum Gasteiger partial charge on any atom is 0.411 e. The highest BCUT2D eigenvalue weighted by Crippen LogP contribution is 2.24. The zero-order chi connectivity index (χ0) is 14.5. The number of ether oxygens (including phenoxy) is 1. The molecule has 0 fully saturated rings. The molecule has 0 aliphatic heterocycles. The minimum atomic E-state index is -4.34. The lowest BCUT2D eigenvalue weighted by Crippen LogP contribution is -2.22. The molecule has 0 bridgehead atoms. The maximum absolute atomic E-state index is 13.6. The minimum Gasteiger partial charge on any atom is -0.372 e. The van der Waals surface area contributed by atoms with E-state index in [2.05, 4.69) is 26.0 Å². The van der Waals surface area contributed by atoms with Crippen molar-refractivity contribution in [1.82, 2.24) is 5.32 Å². The van der Waals surface area contributed by atoms with Gasteiger partial charge in [0.05, 0.1) is 0 Å². The van der Waals surface area contributed by atoms with E-state index in [0.717, 1.165) is 0 Å². The quantitative estimate of drug-likeness (QED) is 0.626. The van der Waals surface area contributed by atoms with E-state index in [1.54, 1.807) is 19.2 Å². The highest BCUT2D eigenvalue weighted by Gasteiger charge is 2.27. The molecular formula is C12H14BrF4NO. The summed E-state index contributed by atoms with van der Waals surface area (Å²) >= 11 is 3.23. The minimum absolute atomic E-state index is 0.100. The molecule has 2 nitrogen and oxygen atoms in total. The molecule has 0 spiro atoms. The second kappa shape index (κ2) is 7.21. The van der Waals surface area contributed by atoms with E-state index in [9.17, 15) is 17.6 Å². The third-order valence-electron chi connectivity index (χ3n) is 2.50. The van der Waals surface area contributed by atoms with Crippen molar-refractivity contribution >= 4 is 15.9 Å². The van der Waals surface area contributed by atoms with Gasteiger partial charge >= 0.3 is 6.18 Å². The average Bonchev–Trinajstić information content (AvgIpc) is 2.32. The summed E-state index contributed by atoms with van der Waals surface area (Å²) in [5.41, 5.74) is 0.396. The molecule has 0 aromatic heterocycles. The summed E-state index contributed by atoms with van der Waals surface area (Å²) in [7, 11) is 1.62. The van der Waals surface area contributed by atoms with E-state index in [1.165, 1.54) is 6.07 Å². The Morgan fingerprint density at radius 1 is 1.37 bits per heavy atom. The van der Waals surface area contributed by atoms with Gasteiger partial charge in [0.15, 0.2) is 0 Å². The van der Waals surface area contributed by atoms with Crippen LogP contribution in [0.5, 0.6) is 0 Å². The summed E-state index contributed by atoms with van der Waals surface area (Å²) in [6.07, 6.45) is -4.09. The van der Waals surface area contributed by atoms with Gasteiger partial charge in [-0.05, 0) is 31.7 Å². The molecule has 0 amide bonds. The molecule has 1 N–H and O–H groups in total. The maximum atomic E-state index is 13.6. The van der Waals surface area contributed by atoms with Crippen molar-refractivity contribution in [1.29, 1.82) is 0 Å². The van der Waals surface area contributed by atoms with Crippen molar-refractivity contribution in [3.63, 3.8) is 0 Å². The van der Waals surface area contributed by atoms with Crippen LogP contribution in [0.3, 0.4) is 0 Å². The van der Waals surface area contributed by atoms with Crippen molar-refractivity contribution in [2.24, 2.45) is 0 Å². The van der Waals surface area contributed by atoms with Gasteiger partial charge in [-0.1, -0.05) is 15.9 Å². The first-order chi connectivity index (χ1) is 8.83. The fourth-order valence-corrected chi connectivity index (χ4v) is 2.00. The van der Waals surface area contributed by atoms with Crippen molar-refractivity contribution in [2.75, 3.05) is 20.3 Å². The standard InChI is InChI=1S/C12H14BrF4NO/c1-18-11(4-5-19-7-12(15,16)17)9-6-8(13)2-3-10(9)14/h2-3,6,11,18H,4-5,7H2,1H3. The van der Waals surface area contributed by atoms with Crippen LogP contribution in [-0.4, -0.2) is 26.4 Å². The smallest absolute Gasteiger partial charge is 0.372 e. The molecule has 0 radical (unpaired) electrons. The summed E-state index contributed by atoms with van der Waals surface area (Å²) in [6.45, 7) is -1.39. The lowest BCUT2D eigenvalue weighted by atomic mass is 10.0. The van der Waals surface area contributed by atoms with Crippen LogP contribution in [0.2, 0.25) is 0 Å². The third kappa shape index (κ3) is 5.88. The van der Waals surface area contributed by atoms with Gasteiger partial charge in [-0.25, -0.2) is 4.39 Å². The molecule has 1 aromatic rings. The lowest BCUT2D eigenvalue weighted by Gasteiger charge is -2.18. The number of hydrogen-bond donors (Lipinski definition) is 1. The number of rotatable bonds is 6. The number of halogens is 5. The van der Waals surface area contributed by atoms with Crippen LogP contribution >= 0.6 is 15.9 Å². The van der Waals surface area contributed by atoms with Crippen LogP contribution in [0.25, 0.3) is 0 Å². The monoisotopic (exact) mass is 343 g/mol. The number of alkyl halides is 3. The highest BCUT2D eigenvalue weighted by atomic mass is 79.9. The number of hydrogen-bond acceptors (Lipinski definition) is 2. The third-order valence-corrected chi connectivity index (χ3v) is 2.99. The second-order valence-corrected chi connectivity index (χ2v) is 4.88. The van der Waals surface area contributed by atoms with E-state index in [-0.39, 0.29) is 13.0 Å². The molecule has 19 heavy (non-hydrogen) atoms. The molecule has 108 valence electrons. The highest BCUT2D eigenvalue weighted by molar-refractivity contribution is 9.10. The SMILES string of the molecule is CNC(CCOCC(F)(F)F)c1cc(Br)ccc1F. The molecule has 7 heteroatoms. The Kier molecular flexibility index (Phi) is 6.22. The Balaban J connectivity index is 2.56. The first-order valence-corrected chi connectivity index (χ1v) is 6.39.